The van der Waals surface area contributed by atoms with Crippen LogP contribution in [0.3, 0.4) is 0 Å². The molecule has 0 aliphatic rings. The highest BCUT2D eigenvalue weighted by molar-refractivity contribution is 6.30. The van der Waals surface area contributed by atoms with Gasteiger partial charge >= 0.3 is 0 Å². The van der Waals surface area contributed by atoms with Gasteiger partial charge in [0.05, 0.1) is 17.6 Å². The van der Waals surface area contributed by atoms with Crippen LogP contribution >= 0.6 is 11.6 Å². The van der Waals surface area contributed by atoms with Crippen LogP contribution in [0.25, 0.3) is 16.5 Å². The van der Waals surface area contributed by atoms with Gasteiger partial charge in [-0.15, -0.1) is 0 Å². The molecule has 0 fully saturated rings. The lowest BCUT2D eigenvalue weighted by molar-refractivity contribution is 0.436. The van der Waals surface area contributed by atoms with E-state index in [0.29, 0.717) is 33.6 Å². The van der Waals surface area contributed by atoms with E-state index in [0.717, 1.165) is 13.0 Å². The van der Waals surface area contributed by atoms with Gasteiger partial charge in [0, 0.05) is 47.5 Å². The van der Waals surface area contributed by atoms with Gasteiger partial charge in [-0.3, -0.25) is 9.79 Å². The molecule has 0 saturated heterocycles. The van der Waals surface area contributed by atoms with Crippen LogP contribution in [-0.2, 0) is 6.54 Å². The zero-order valence-corrected chi connectivity index (χ0v) is 16.3. The van der Waals surface area contributed by atoms with Gasteiger partial charge in [0.2, 0.25) is 5.88 Å². The third-order valence-corrected chi connectivity index (χ3v) is 4.92. The normalized spacial score (nSPS) is 11.5. The largest absolute Gasteiger partial charge is 0.494 e. The maximum absolute atomic E-state index is 13.0. The lowest BCUT2D eigenvalue weighted by Crippen LogP contribution is -2.20. The zero-order chi connectivity index (χ0) is 20.2. The number of aromatic hydroxyl groups is 1. The second-order valence-corrected chi connectivity index (χ2v) is 7.03. The van der Waals surface area contributed by atoms with Crippen LogP contribution in [0.5, 0.6) is 5.88 Å². The van der Waals surface area contributed by atoms with E-state index in [1.54, 1.807) is 55.1 Å². The predicted octanol–water partition coefficient (Wildman–Crippen LogP) is 4.06. The zero-order valence-electron chi connectivity index (χ0n) is 15.6. The second kappa shape index (κ2) is 8.32. The molecule has 4 rings (SSSR count). The lowest BCUT2D eigenvalue weighted by atomic mass is 10.1. The molecular weight excluding hydrogens is 388 g/mol. The van der Waals surface area contributed by atoms with Crippen LogP contribution in [0.1, 0.15) is 12.0 Å². The van der Waals surface area contributed by atoms with Crippen molar-refractivity contribution in [2.45, 2.75) is 13.0 Å². The van der Waals surface area contributed by atoms with Crippen molar-refractivity contribution in [2.75, 3.05) is 6.54 Å². The van der Waals surface area contributed by atoms with Crippen molar-refractivity contribution in [2.24, 2.45) is 4.99 Å². The SMILES string of the molecule is O=c1c2ccccc2c(C=NCCCn2ccnc2)c(O)n1-c1ccc(Cl)cc1. The van der Waals surface area contributed by atoms with Crippen molar-refractivity contribution in [3.8, 4) is 11.6 Å². The van der Waals surface area contributed by atoms with Gasteiger partial charge in [-0.05, 0) is 36.8 Å². The molecule has 0 atom stereocenters. The molecule has 2 aromatic heterocycles. The maximum atomic E-state index is 13.0. The summed E-state index contributed by atoms with van der Waals surface area (Å²) in [6, 6.07) is 14.0. The number of imidazole rings is 1. The molecule has 2 heterocycles. The van der Waals surface area contributed by atoms with Crippen molar-refractivity contribution < 1.29 is 5.11 Å². The number of hydrogen-bond acceptors (Lipinski definition) is 4. The van der Waals surface area contributed by atoms with Gasteiger partial charge in [0.1, 0.15) is 0 Å². The number of fused-ring (bicyclic) bond motifs is 1. The average Bonchev–Trinajstić information content (AvgIpc) is 3.25. The number of halogens is 1. The number of benzene rings is 2. The molecule has 6 nitrogen and oxygen atoms in total. The topological polar surface area (TPSA) is 72.4 Å². The van der Waals surface area contributed by atoms with Gasteiger partial charge < -0.3 is 9.67 Å². The minimum absolute atomic E-state index is 0.144. The first-order chi connectivity index (χ1) is 14.1. The van der Waals surface area contributed by atoms with Crippen LogP contribution in [0, 0.1) is 0 Å². The minimum atomic E-state index is -0.294. The van der Waals surface area contributed by atoms with Crippen LogP contribution in [0.2, 0.25) is 5.02 Å². The number of nitrogens with zero attached hydrogens (tertiary/aromatic N) is 4. The fraction of sp³-hybridized carbons (Fsp3) is 0.136. The molecule has 146 valence electrons. The molecule has 4 aromatic rings. The van der Waals surface area contributed by atoms with Crippen molar-refractivity contribution >= 4 is 28.6 Å². The highest BCUT2D eigenvalue weighted by atomic mass is 35.5. The molecule has 0 unspecified atom stereocenters. The van der Waals surface area contributed by atoms with E-state index in [2.05, 4.69) is 9.98 Å². The highest BCUT2D eigenvalue weighted by Crippen LogP contribution is 2.26. The van der Waals surface area contributed by atoms with Crippen LogP contribution in [-0.4, -0.2) is 32.0 Å². The molecule has 0 amide bonds. The van der Waals surface area contributed by atoms with E-state index in [1.807, 2.05) is 22.9 Å². The van der Waals surface area contributed by atoms with E-state index in [-0.39, 0.29) is 11.4 Å². The predicted molar refractivity (Wildman–Crippen MR) is 116 cm³/mol. The summed E-state index contributed by atoms with van der Waals surface area (Å²) >= 11 is 5.96. The van der Waals surface area contributed by atoms with Crippen molar-refractivity contribution in [1.82, 2.24) is 14.1 Å². The monoisotopic (exact) mass is 406 g/mol. The Bertz CT molecular complexity index is 1210. The first-order valence-electron chi connectivity index (χ1n) is 9.23. The summed E-state index contributed by atoms with van der Waals surface area (Å²) in [7, 11) is 0. The summed E-state index contributed by atoms with van der Waals surface area (Å²) in [6.45, 7) is 1.40. The summed E-state index contributed by atoms with van der Waals surface area (Å²) in [6.07, 6.45) is 7.89. The van der Waals surface area contributed by atoms with Crippen LogP contribution < -0.4 is 5.56 Å². The first-order valence-corrected chi connectivity index (χ1v) is 9.61. The molecule has 0 bridgehead atoms. The van der Waals surface area contributed by atoms with Gasteiger partial charge in [0.15, 0.2) is 0 Å². The van der Waals surface area contributed by atoms with Crippen LogP contribution in [0.4, 0.5) is 0 Å². The van der Waals surface area contributed by atoms with Crippen LogP contribution in [0.15, 0.2) is 77.0 Å². The molecule has 1 N–H and O–H groups in total. The number of aryl methyl sites for hydroxylation is 1. The Kier molecular flexibility index (Phi) is 5.44. The van der Waals surface area contributed by atoms with E-state index in [9.17, 15) is 9.90 Å². The molecular formula is C22H19ClN4O2. The first kappa shape index (κ1) is 19.0. The molecule has 0 radical (unpaired) electrons. The van der Waals surface area contributed by atoms with Gasteiger partial charge in [-0.25, -0.2) is 9.55 Å². The molecule has 7 heteroatoms. The fourth-order valence-electron chi connectivity index (χ4n) is 3.24. The number of pyridine rings is 1. The Morgan fingerprint density at radius 3 is 2.59 bits per heavy atom. The Labute approximate surface area is 172 Å². The average molecular weight is 407 g/mol. The van der Waals surface area contributed by atoms with E-state index < -0.39 is 0 Å². The molecule has 0 aliphatic carbocycles. The molecule has 0 aliphatic heterocycles. The quantitative estimate of drug-likeness (QED) is 0.387. The Hall–Kier alpha value is -3.38. The smallest absolute Gasteiger partial charge is 0.265 e. The Balaban J connectivity index is 1.71. The highest BCUT2D eigenvalue weighted by Gasteiger charge is 2.16. The van der Waals surface area contributed by atoms with E-state index >= 15 is 0 Å². The third-order valence-electron chi connectivity index (χ3n) is 4.67. The summed E-state index contributed by atoms with van der Waals surface area (Å²) in [4.78, 5) is 21.5. The molecule has 2 aromatic carbocycles. The van der Waals surface area contributed by atoms with E-state index in [1.165, 1.54) is 4.57 Å². The van der Waals surface area contributed by atoms with Gasteiger partial charge in [0.25, 0.3) is 5.56 Å². The molecule has 29 heavy (non-hydrogen) atoms. The minimum Gasteiger partial charge on any atom is -0.494 e. The second-order valence-electron chi connectivity index (χ2n) is 6.59. The third kappa shape index (κ3) is 3.93. The van der Waals surface area contributed by atoms with Crippen molar-refractivity contribution in [1.29, 1.82) is 0 Å². The fourth-order valence-corrected chi connectivity index (χ4v) is 3.36. The maximum Gasteiger partial charge on any atom is 0.265 e. The summed E-state index contributed by atoms with van der Waals surface area (Å²) < 4.78 is 3.27. The lowest BCUT2D eigenvalue weighted by Gasteiger charge is -2.13. The summed E-state index contributed by atoms with van der Waals surface area (Å²) in [5.74, 6) is -0.144. The number of aromatic nitrogens is 3. The van der Waals surface area contributed by atoms with Crippen molar-refractivity contribution in [3.63, 3.8) is 0 Å². The van der Waals surface area contributed by atoms with Gasteiger partial charge in [-0.2, -0.15) is 0 Å². The summed E-state index contributed by atoms with van der Waals surface area (Å²) in [5.41, 5.74) is 0.757. The Morgan fingerprint density at radius 1 is 1.10 bits per heavy atom. The van der Waals surface area contributed by atoms with Gasteiger partial charge in [-0.1, -0.05) is 29.8 Å². The number of rotatable bonds is 6. The van der Waals surface area contributed by atoms with E-state index in [4.69, 9.17) is 11.6 Å². The standard InChI is InChI=1S/C22H19ClN4O2/c23-16-6-8-17(9-7-16)27-21(28)19-5-2-1-4-18(19)20(22(27)29)14-24-10-3-12-26-13-11-25-15-26/h1-2,4-9,11,13-15,29H,3,10,12H2. The number of hydrogen-bond donors (Lipinski definition) is 1. The molecule has 0 spiro atoms. The number of aliphatic imine (C=N–C) groups is 1. The van der Waals surface area contributed by atoms with Crippen molar-refractivity contribution in [3.05, 3.63) is 88.2 Å². The molecule has 0 saturated carbocycles. The Morgan fingerprint density at radius 2 is 1.86 bits per heavy atom. The summed E-state index contributed by atoms with van der Waals surface area (Å²) in [5, 5.41) is 12.7.